The molecule has 4 aromatic carbocycles. The van der Waals surface area contributed by atoms with Crippen molar-refractivity contribution < 1.29 is 18.0 Å². The monoisotopic (exact) mass is 673 g/mol. The molecule has 1 N–H and O–H groups in total. The number of nitrogens with zero attached hydrogens (tertiary/aromatic N) is 2. The molecule has 0 heterocycles. The molecular formula is C38H44ClN3O4S. The fourth-order valence-corrected chi connectivity index (χ4v) is 6.91. The van der Waals surface area contributed by atoms with Crippen LogP contribution in [-0.4, -0.2) is 44.3 Å². The van der Waals surface area contributed by atoms with Crippen LogP contribution in [0.5, 0.6) is 0 Å². The number of rotatable bonds is 15. The van der Waals surface area contributed by atoms with Gasteiger partial charge in [0, 0.05) is 24.5 Å². The molecule has 248 valence electrons. The Bertz CT molecular complexity index is 1730. The Kier molecular flexibility index (Phi) is 12.6. The molecule has 0 saturated heterocycles. The quantitative estimate of drug-likeness (QED) is 0.132. The average Bonchev–Trinajstić information content (AvgIpc) is 3.06. The Morgan fingerprint density at radius 1 is 0.851 bits per heavy atom. The molecule has 1 unspecified atom stereocenters. The Balaban J connectivity index is 1.80. The summed E-state index contributed by atoms with van der Waals surface area (Å²) in [5.41, 5.74) is 3.92. The predicted molar refractivity (Wildman–Crippen MR) is 190 cm³/mol. The van der Waals surface area contributed by atoms with Crippen molar-refractivity contribution in [3.63, 3.8) is 0 Å². The summed E-state index contributed by atoms with van der Waals surface area (Å²) in [5.74, 6) is -0.571. The standard InChI is InChI=1S/C38H44ClN3O4S/c1-5-6-23-40-38(44)36(25-30-11-8-7-9-12-30)41(26-31-13-10-14-33(39)24-31)37(43)27-42(34-19-17-32(18-20-34)28(2)3)47(45,46)35-21-15-29(4)16-22-35/h7-22,24,28,36H,5-6,23,25-27H2,1-4H3,(H,40,44). The molecule has 4 aromatic rings. The van der Waals surface area contributed by atoms with Crippen molar-refractivity contribution in [1.29, 1.82) is 0 Å². The Hall–Kier alpha value is -4.14. The zero-order valence-electron chi connectivity index (χ0n) is 27.5. The van der Waals surface area contributed by atoms with Gasteiger partial charge in [-0.3, -0.25) is 13.9 Å². The lowest BCUT2D eigenvalue weighted by atomic mass is 10.0. The lowest BCUT2D eigenvalue weighted by Crippen LogP contribution is -2.53. The van der Waals surface area contributed by atoms with Crippen LogP contribution in [-0.2, 0) is 32.6 Å². The zero-order chi connectivity index (χ0) is 34.0. The van der Waals surface area contributed by atoms with Crippen LogP contribution in [0.4, 0.5) is 5.69 Å². The van der Waals surface area contributed by atoms with Crippen LogP contribution in [0, 0.1) is 6.92 Å². The summed E-state index contributed by atoms with van der Waals surface area (Å²) in [4.78, 5) is 30.0. The van der Waals surface area contributed by atoms with Crippen LogP contribution >= 0.6 is 11.6 Å². The van der Waals surface area contributed by atoms with Gasteiger partial charge in [0.25, 0.3) is 10.0 Å². The molecule has 7 nitrogen and oxygen atoms in total. The number of hydrogen-bond acceptors (Lipinski definition) is 4. The molecule has 0 aliphatic heterocycles. The molecule has 0 aromatic heterocycles. The Morgan fingerprint density at radius 2 is 1.51 bits per heavy atom. The van der Waals surface area contributed by atoms with E-state index in [1.165, 1.54) is 4.90 Å². The highest BCUT2D eigenvalue weighted by Crippen LogP contribution is 2.27. The van der Waals surface area contributed by atoms with Gasteiger partial charge in [0.05, 0.1) is 10.6 Å². The molecule has 4 rings (SSSR count). The molecule has 9 heteroatoms. The van der Waals surface area contributed by atoms with Gasteiger partial charge >= 0.3 is 0 Å². The lowest BCUT2D eigenvalue weighted by molar-refractivity contribution is -0.140. The van der Waals surface area contributed by atoms with Gasteiger partial charge in [-0.25, -0.2) is 8.42 Å². The third-order valence-corrected chi connectivity index (χ3v) is 10.1. The summed E-state index contributed by atoms with van der Waals surface area (Å²) < 4.78 is 29.6. The molecule has 0 fully saturated rings. The molecule has 47 heavy (non-hydrogen) atoms. The van der Waals surface area contributed by atoms with E-state index in [1.807, 2.05) is 62.4 Å². The maximum Gasteiger partial charge on any atom is 0.264 e. The molecule has 0 aliphatic carbocycles. The lowest BCUT2D eigenvalue weighted by Gasteiger charge is -2.34. The van der Waals surface area contributed by atoms with Gasteiger partial charge in [0.1, 0.15) is 12.6 Å². The zero-order valence-corrected chi connectivity index (χ0v) is 29.1. The van der Waals surface area contributed by atoms with E-state index in [4.69, 9.17) is 11.6 Å². The minimum absolute atomic E-state index is 0.0583. The van der Waals surface area contributed by atoms with E-state index in [-0.39, 0.29) is 29.7 Å². The van der Waals surface area contributed by atoms with Crippen LogP contribution < -0.4 is 9.62 Å². The van der Waals surface area contributed by atoms with E-state index >= 15 is 0 Å². The third-order valence-electron chi connectivity index (χ3n) is 8.08. The van der Waals surface area contributed by atoms with Gasteiger partial charge in [-0.05, 0) is 72.4 Å². The topological polar surface area (TPSA) is 86.8 Å². The maximum absolute atomic E-state index is 14.6. The van der Waals surface area contributed by atoms with Crippen molar-refractivity contribution >= 4 is 39.1 Å². The van der Waals surface area contributed by atoms with E-state index in [9.17, 15) is 18.0 Å². The summed E-state index contributed by atoms with van der Waals surface area (Å²) >= 11 is 6.33. The largest absolute Gasteiger partial charge is 0.354 e. The number of amides is 2. The molecule has 0 aliphatic rings. The highest BCUT2D eigenvalue weighted by molar-refractivity contribution is 7.92. The second kappa shape index (κ2) is 16.6. The molecule has 0 spiro atoms. The van der Waals surface area contributed by atoms with Crippen molar-refractivity contribution in [2.45, 2.75) is 70.4 Å². The van der Waals surface area contributed by atoms with Gasteiger partial charge in [0.15, 0.2) is 0 Å². The fraction of sp³-hybridized carbons (Fsp3) is 0.316. The van der Waals surface area contributed by atoms with E-state index in [2.05, 4.69) is 19.2 Å². The normalized spacial score (nSPS) is 12.0. The summed E-state index contributed by atoms with van der Waals surface area (Å²) in [6.07, 6.45) is 1.94. The fourth-order valence-electron chi connectivity index (χ4n) is 5.28. The van der Waals surface area contributed by atoms with Crippen LogP contribution in [0.1, 0.15) is 61.8 Å². The number of hydrogen-bond donors (Lipinski definition) is 1. The number of carbonyl (C=O) groups excluding carboxylic acids is 2. The first-order valence-electron chi connectivity index (χ1n) is 16.0. The number of aryl methyl sites for hydroxylation is 1. The average molecular weight is 674 g/mol. The van der Waals surface area contributed by atoms with Crippen molar-refractivity contribution in [3.8, 4) is 0 Å². The molecule has 0 bridgehead atoms. The van der Waals surface area contributed by atoms with Crippen LogP contribution in [0.15, 0.2) is 108 Å². The number of sulfonamides is 1. The van der Waals surface area contributed by atoms with Crippen LogP contribution in [0.2, 0.25) is 5.02 Å². The Labute approximate surface area is 284 Å². The molecule has 0 saturated carbocycles. The molecule has 0 radical (unpaired) electrons. The summed E-state index contributed by atoms with van der Waals surface area (Å²) in [5, 5.41) is 3.50. The number of benzene rings is 4. The second-order valence-corrected chi connectivity index (χ2v) is 14.4. The van der Waals surface area contributed by atoms with Gasteiger partial charge in [-0.15, -0.1) is 0 Å². The van der Waals surface area contributed by atoms with E-state index in [0.29, 0.717) is 17.3 Å². The molecular weight excluding hydrogens is 630 g/mol. The van der Waals surface area contributed by atoms with Crippen molar-refractivity contribution in [1.82, 2.24) is 10.2 Å². The SMILES string of the molecule is CCCCNC(=O)C(Cc1ccccc1)N(Cc1cccc(Cl)c1)C(=O)CN(c1ccc(C(C)C)cc1)S(=O)(=O)c1ccc(C)cc1. The van der Waals surface area contributed by atoms with Crippen molar-refractivity contribution in [2.75, 3.05) is 17.4 Å². The minimum atomic E-state index is -4.17. The summed E-state index contributed by atoms with van der Waals surface area (Å²) in [6, 6.07) is 29.5. The minimum Gasteiger partial charge on any atom is -0.354 e. The smallest absolute Gasteiger partial charge is 0.264 e. The maximum atomic E-state index is 14.6. The number of halogens is 1. The van der Waals surface area contributed by atoms with Gasteiger partial charge < -0.3 is 10.2 Å². The molecule has 2 amide bonds. The first-order chi connectivity index (χ1) is 22.5. The predicted octanol–water partition coefficient (Wildman–Crippen LogP) is 7.52. The summed E-state index contributed by atoms with van der Waals surface area (Å²) in [6.45, 7) is 8.06. The van der Waals surface area contributed by atoms with Crippen LogP contribution in [0.3, 0.4) is 0 Å². The first kappa shape index (κ1) is 35.7. The number of anilines is 1. The highest BCUT2D eigenvalue weighted by Gasteiger charge is 2.34. The van der Waals surface area contributed by atoms with E-state index < -0.39 is 28.5 Å². The van der Waals surface area contributed by atoms with E-state index in [1.54, 1.807) is 54.6 Å². The van der Waals surface area contributed by atoms with E-state index in [0.717, 1.165) is 39.4 Å². The van der Waals surface area contributed by atoms with Gasteiger partial charge in [-0.2, -0.15) is 0 Å². The van der Waals surface area contributed by atoms with Gasteiger partial charge in [0.2, 0.25) is 11.8 Å². The number of carbonyl (C=O) groups is 2. The second-order valence-electron chi connectivity index (χ2n) is 12.1. The summed E-state index contributed by atoms with van der Waals surface area (Å²) in [7, 11) is -4.17. The third kappa shape index (κ3) is 9.69. The highest BCUT2D eigenvalue weighted by atomic mass is 35.5. The van der Waals surface area contributed by atoms with Gasteiger partial charge in [-0.1, -0.05) is 111 Å². The first-order valence-corrected chi connectivity index (χ1v) is 17.9. The van der Waals surface area contributed by atoms with Crippen molar-refractivity contribution in [2.24, 2.45) is 0 Å². The molecule has 1 atom stereocenters. The number of nitrogens with one attached hydrogen (secondary N) is 1. The Morgan fingerprint density at radius 3 is 2.13 bits per heavy atom. The van der Waals surface area contributed by atoms with Crippen molar-refractivity contribution in [3.05, 3.63) is 130 Å². The number of unbranched alkanes of at least 4 members (excludes halogenated alkanes) is 1. The van der Waals surface area contributed by atoms with Crippen LogP contribution in [0.25, 0.3) is 0 Å².